The molecule has 0 spiro atoms. The summed E-state index contributed by atoms with van der Waals surface area (Å²) in [6.07, 6.45) is 0.243. The third-order valence-corrected chi connectivity index (χ3v) is 3.08. The Hall–Kier alpha value is -1.51. The molecule has 1 amide bonds. The number of carbonyl (C=O) groups excluding carboxylic acids is 1. The smallest absolute Gasteiger partial charge is 0.387 e. The van der Waals surface area contributed by atoms with Crippen molar-refractivity contribution in [2.24, 2.45) is 5.73 Å². The van der Waals surface area contributed by atoms with Gasteiger partial charge in [-0.2, -0.15) is 8.78 Å². The Balaban J connectivity index is 0.00000242. The van der Waals surface area contributed by atoms with Crippen LogP contribution >= 0.6 is 12.4 Å². The first-order valence-electron chi connectivity index (χ1n) is 6.40. The van der Waals surface area contributed by atoms with E-state index in [1.54, 1.807) is 0 Å². The van der Waals surface area contributed by atoms with E-state index in [-0.39, 0.29) is 24.2 Å². The first-order valence-corrected chi connectivity index (χ1v) is 6.40. The molecule has 0 bridgehead atoms. The Morgan fingerprint density at radius 3 is 2.77 bits per heavy atom. The molecule has 1 aliphatic heterocycles. The normalized spacial score (nSPS) is 20.6. The summed E-state index contributed by atoms with van der Waals surface area (Å²) in [4.78, 5) is 12.0. The first kappa shape index (κ1) is 18.5. The average molecular weight is 341 g/mol. The second kappa shape index (κ2) is 8.21. The number of alkyl halides is 2. The molecule has 3 N–H and O–H groups in total. The van der Waals surface area contributed by atoms with Crippen LogP contribution in [0.2, 0.25) is 0 Å². The van der Waals surface area contributed by atoms with Gasteiger partial charge in [-0.1, -0.05) is 0 Å². The lowest BCUT2D eigenvalue weighted by Gasteiger charge is -2.15. The quantitative estimate of drug-likeness (QED) is 0.862. The second-order valence-corrected chi connectivity index (χ2v) is 4.57. The summed E-state index contributed by atoms with van der Waals surface area (Å²) in [6, 6.07) is 2.96. The summed E-state index contributed by atoms with van der Waals surface area (Å²) < 4.78 is 47.2. The van der Waals surface area contributed by atoms with E-state index in [0.29, 0.717) is 19.4 Å². The van der Waals surface area contributed by atoms with E-state index in [2.05, 4.69) is 10.1 Å². The Morgan fingerprint density at radius 1 is 1.45 bits per heavy atom. The van der Waals surface area contributed by atoms with Crippen molar-refractivity contribution < 1.29 is 27.4 Å². The van der Waals surface area contributed by atoms with Crippen LogP contribution in [0.4, 0.5) is 18.9 Å². The lowest BCUT2D eigenvalue weighted by Crippen LogP contribution is -2.30. The number of hydrogen-bond acceptors (Lipinski definition) is 4. The molecule has 5 nitrogen and oxygen atoms in total. The molecular weight excluding hydrogens is 325 g/mol. The van der Waals surface area contributed by atoms with Gasteiger partial charge >= 0.3 is 6.61 Å². The fourth-order valence-electron chi connectivity index (χ4n) is 2.08. The third kappa shape index (κ3) is 4.75. The Bertz CT molecular complexity index is 519. The van der Waals surface area contributed by atoms with Gasteiger partial charge in [0.25, 0.3) is 5.91 Å². The molecule has 2 atom stereocenters. The maximum absolute atomic E-state index is 13.1. The minimum atomic E-state index is -3.12. The monoisotopic (exact) mass is 340 g/mol. The van der Waals surface area contributed by atoms with Gasteiger partial charge in [-0.3, -0.25) is 4.79 Å². The van der Waals surface area contributed by atoms with Gasteiger partial charge in [0, 0.05) is 12.6 Å². The van der Waals surface area contributed by atoms with Gasteiger partial charge in [0.05, 0.1) is 11.8 Å². The predicted octanol–water partition coefficient (Wildman–Crippen LogP) is 2.29. The molecule has 9 heteroatoms. The summed E-state index contributed by atoms with van der Waals surface area (Å²) in [5.74, 6) is -1.69. The molecule has 0 aromatic heterocycles. The second-order valence-electron chi connectivity index (χ2n) is 4.57. The SMILES string of the molecule is Cl.NC[C@H]1CC[C@@H](C(=O)Nc2ccc(F)cc2OC(F)F)O1. The van der Waals surface area contributed by atoms with Gasteiger partial charge < -0.3 is 20.5 Å². The summed E-state index contributed by atoms with van der Waals surface area (Å²) >= 11 is 0. The van der Waals surface area contributed by atoms with Crippen LogP contribution in [-0.2, 0) is 9.53 Å². The van der Waals surface area contributed by atoms with Crippen LogP contribution in [0.1, 0.15) is 12.8 Å². The molecule has 1 heterocycles. The Kier molecular flexibility index (Phi) is 6.92. The van der Waals surface area contributed by atoms with Gasteiger partial charge in [0.1, 0.15) is 11.9 Å². The van der Waals surface area contributed by atoms with Crippen LogP contribution in [0.25, 0.3) is 0 Å². The van der Waals surface area contributed by atoms with E-state index in [1.165, 1.54) is 0 Å². The van der Waals surface area contributed by atoms with E-state index in [9.17, 15) is 18.0 Å². The fourth-order valence-corrected chi connectivity index (χ4v) is 2.08. The molecule has 2 rings (SSSR count). The maximum atomic E-state index is 13.1. The first-order chi connectivity index (χ1) is 9.99. The number of carbonyl (C=O) groups is 1. The van der Waals surface area contributed by atoms with E-state index >= 15 is 0 Å². The van der Waals surface area contributed by atoms with Crippen LogP contribution < -0.4 is 15.8 Å². The maximum Gasteiger partial charge on any atom is 0.387 e. The van der Waals surface area contributed by atoms with Crippen molar-refractivity contribution in [3.05, 3.63) is 24.0 Å². The van der Waals surface area contributed by atoms with Gasteiger partial charge in [0.2, 0.25) is 0 Å². The molecule has 1 aromatic carbocycles. The molecule has 124 valence electrons. The highest BCUT2D eigenvalue weighted by Crippen LogP contribution is 2.28. The topological polar surface area (TPSA) is 73.6 Å². The van der Waals surface area contributed by atoms with Gasteiger partial charge in [-0.05, 0) is 25.0 Å². The number of ether oxygens (including phenoxy) is 2. The standard InChI is InChI=1S/C13H15F3N2O3.ClH/c14-7-1-3-9(11(5-7)21-13(15)16)18-12(19)10-4-2-8(6-17)20-10;/h1,3,5,8,10,13H,2,4,6,17H2,(H,18,19);1H/t8-,10+;/m1./s1. The van der Waals surface area contributed by atoms with Crippen molar-refractivity contribution in [1.82, 2.24) is 0 Å². The number of hydrogen-bond donors (Lipinski definition) is 2. The molecule has 0 radical (unpaired) electrons. The van der Waals surface area contributed by atoms with Crippen molar-refractivity contribution in [2.45, 2.75) is 31.7 Å². The highest BCUT2D eigenvalue weighted by molar-refractivity contribution is 5.95. The van der Waals surface area contributed by atoms with Crippen molar-refractivity contribution >= 4 is 24.0 Å². The molecular formula is C13H16ClF3N2O3. The molecule has 1 aromatic rings. The lowest BCUT2D eigenvalue weighted by molar-refractivity contribution is -0.126. The highest BCUT2D eigenvalue weighted by Gasteiger charge is 2.30. The minimum absolute atomic E-state index is 0. The number of halogens is 4. The van der Waals surface area contributed by atoms with Crippen LogP contribution in [0.5, 0.6) is 5.75 Å². The minimum Gasteiger partial charge on any atom is -0.432 e. The molecule has 22 heavy (non-hydrogen) atoms. The summed E-state index contributed by atoms with van der Waals surface area (Å²) in [5, 5.41) is 2.40. The zero-order chi connectivity index (χ0) is 15.4. The average Bonchev–Trinajstić information content (AvgIpc) is 2.90. The Labute approximate surface area is 131 Å². The molecule has 0 aliphatic carbocycles. The number of nitrogens with two attached hydrogens (primary N) is 1. The largest absolute Gasteiger partial charge is 0.432 e. The molecule has 1 saturated heterocycles. The number of anilines is 1. The van der Waals surface area contributed by atoms with Crippen molar-refractivity contribution in [3.8, 4) is 5.75 Å². The van der Waals surface area contributed by atoms with Crippen molar-refractivity contribution in [2.75, 3.05) is 11.9 Å². The van der Waals surface area contributed by atoms with E-state index in [4.69, 9.17) is 10.5 Å². The zero-order valence-corrected chi connectivity index (χ0v) is 12.2. The predicted molar refractivity (Wildman–Crippen MR) is 75.9 cm³/mol. The van der Waals surface area contributed by atoms with Gasteiger partial charge in [-0.15, -0.1) is 12.4 Å². The highest BCUT2D eigenvalue weighted by atomic mass is 35.5. The Morgan fingerprint density at radius 2 is 2.18 bits per heavy atom. The van der Waals surface area contributed by atoms with Crippen molar-refractivity contribution in [3.63, 3.8) is 0 Å². The summed E-state index contributed by atoms with van der Waals surface area (Å²) in [6.45, 7) is -2.81. The van der Waals surface area contributed by atoms with Crippen LogP contribution in [0.15, 0.2) is 18.2 Å². The van der Waals surface area contributed by atoms with Crippen molar-refractivity contribution in [1.29, 1.82) is 0 Å². The molecule has 1 aliphatic rings. The number of nitrogens with one attached hydrogen (secondary N) is 1. The lowest BCUT2D eigenvalue weighted by atomic mass is 10.2. The molecule has 0 saturated carbocycles. The van der Waals surface area contributed by atoms with Gasteiger partial charge in [-0.25, -0.2) is 4.39 Å². The molecule has 0 unspecified atom stereocenters. The third-order valence-electron chi connectivity index (χ3n) is 3.08. The zero-order valence-electron chi connectivity index (χ0n) is 11.4. The number of benzene rings is 1. The molecule has 1 fully saturated rings. The van der Waals surface area contributed by atoms with E-state index < -0.39 is 30.2 Å². The van der Waals surface area contributed by atoms with Gasteiger partial charge in [0.15, 0.2) is 5.75 Å². The van der Waals surface area contributed by atoms with Crippen LogP contribution in [0, 0.1) is 5.82 Å². The van der Waals surface area contributed by atoms with Crippen LogP contribution in [0.3, 0.4) is 0 Å². The van der Waals surface area contributed by atoms with E-state index in [0.717, 1.165) is 18.2 Å². The summed E-state index contributed by atoms with van der Waals surface area (Å²) in [7, 11) is 0. The number of rotatable bonds is 5. The number of amides is 1. The van der Waals surface area contributed by atoms with Crippen LogP contribution in [-0.4, -0.2) is 31.3 Å². The fraction of sp³-hybridized carbons (Fsp3) is 0.462. The van der Waals surface area contributed by atoms with E-state index in [1.807, 2.05) is 0 Å². The summed E-state index contributed by atoms with van der Waals surface area (Å²) in [5.41, 5.74) is 5.40.